The minimum atomic E-state index is -0.907. The first-order valence-corrected chi connectivity index (χ1v) is 8.37. The van der Waals surface area contributed by atoms with E-state index in [2.05, 4.69) is 16.4 Å². The highest BCUT2D eigenvalue weighted by Crippen LogP contribution is 2.48. The molecule has 1 atom stereocenters. The molecule has 2 aromatic rings. The number of nitrogens with zero attached hydrogens (tertiary/aromatic N) is 1. The molecule has 120 valence electrons. The Hall–Kier alpha value is -1.78. The van der Waals surface area contributed by atoms with Crippen LogP contribution < -0.4 is 14.8 Å². The van der Waals surface area contributed by atoms with Crippen LogP contribution in [0.15, 0.2) is 36.5 Å². The summed E-state index contributed by atoms with van der Waals surface area (Å²) in [5.41, 5.74) is 1.95. The maximum absolute atomic E-state index is 6.26. The van der Waals surface area contributed by atoms with Crippen molar-refractivity contribution in [2.45, 2.75) is 31.5 Å². The van der Waals surface area contributed by atoms with Gasteiger partial charge in [0.1, 0.15) is 5.69 Å². The standard InChI is InChI=1S/C18H19ClN2O2/c1-18(16-6-5-13(19)11-21-16)22-15-4-2-3-14(17(15)23-18)12-7-9-20-10-8-12/h2-6,11-12,20H,7-10H2,1H3. The van der Waals surface area contributed by atoms with Crippen molar-refractivity contribution < 1.29 is 9.47 Å². The van der Waals surface area contributed by atoms with E-state index in [0.29, 0.717) is 10.9 Å². The molecule has 0 bridgehead atoms. The fourth-order valence-corrected chi connectivity index (χ4v) is 3.46. The van der Waals surface area contributed by atoms with Gasteiger partial charge in [-0.15, -0.1) is 0 Å². The first-order valence-electron chi connectivity index (χ1n) is 7.99. The number of hydrogen-bond acceptors (Lipinski definition) is 4. The van der Waals surface area contributed by atoms with Crippen LogP contribution in [0.1, 0.15) is 36.9 Å². The number of benzene rings is 1. The van der Waals surface area contributed by atoms with Gasteiger partial charge in [-0.3, -0.25) is 4.98 Å². The molecule has 1 saturated heterocycles. The number of para-hydroxylation sites is 1. The third-order valence-electron chi connectivity index (χ3n) is 4.58. The monoisotopic (exact) mass is 330 g/mol. The maximum Gasteiger partial charge on any atom is 0.292 e. The van der Waals surface area contributed by atoms with E-state index >= 15 is 0 Å². The van der Waals surface area contributed by atoms with E-state index < -0.39 is 5.79 Å². The van der Waals surface area contributed by atoms with Crippen molar-refractivity contribution in [3.8, 4) is 11.5 Å². The van der Waals surface area contributed by atoms with Crippen molar-refractivity contribution >= 4 is 11.6 Å². The smallest absolute Gasteiger partial charge is 0.292 e. The third-order valence-corrected chi connectivity index (χ3v) is 4.81. The van der Waals surface area contributed by atoms with E-state index in [4.69, 9.17) is 21.1 Å². The Balaban J connectivity index is 1.67. The van der Waals surface area contributed by atoms with Gasteiger partial charge in [-0.25, -0.2) is 0 Å². The summed E-state index contributed by atoms with van der Waals surface area (Å²) in [6.45, 7) is 3.99. The zero-order valence-electron chi connectivity index (χ0n) is 13.0. The lowest BCUT2D eigenvalue weighted by Crippen LogP contribution is -2.32. The minimum Gasteiger partial charge on any atom is -0.443 e. The molecule has 0 aliphatic carbocycles. The molecule has 2 aliphatic rings. The van der Waals surface area contributed by atoms with E-state index in [0.717, 1.165) is 43.1 Å². The summed E-state index contributed by atoms with van der Waals surface area (Å²) in [6, 6.07) is 9.80. The van der Waals surface area contributed by atoms with Crippen LogP contribution in [-0.2, 0) is 5.79 Å². The van der Waals surface area contributed by atoms with Gasteiger partial charge in [0.25, 0.3) is 5.79 Å². The molecule has 1 aromatic carbocycles. The number of halogens is 1. The van der Waals surface area contributed by atoms with Crippen molar-refractivity contribution in [2.24, 2.45) is 0 Å². The van der Waals surface area contributed by atoms with Crippen molar-refractivity contribution in [1.82, 2.24) is 10.3 Å². The summed E-state index contributed by atoms with van der Waals surface area (Å²) in [6.07, 6.45) is 3.86. The minimum absolute atomic E-state index is 0.510. The predicted molar refractivity (Wildman–Crippen MR) is 89.1 cm³/mol. The lowest BCUT2D eigenvalue weighted by molar-refractivity contribution is -0.0722. The van der Waals surface area contributed by atoms with Gasteiger partial charge in [-0.2, -0.15) is 0 Å². The Morgan fingerprint density at radius 2 is 2.00 bits per heavy atom. The molecule has 4 nitrogen and oxygen atoms in total. The quantitative estimate of drug-likeness (QED) is 0.908. The average molecular weight is 331 g/mol. The Kier molecular flexibility index (Phi) is 3.66. The maximum atomic E-state index is 6.26. The fraction of sp³-hybridized carbons (Fsp3) is 0.389. The summed E-state index contributed by atoms with van der Waals surface area (Å²) in [7, 11) is 0. The Morgan fingerprint density at radius 3 is 2.74 bits per heavy atom. The SMILES string of the molecule is CC1(c2ccc(Cl)cn2)Oc2cccc(C3CCNCC3)c2O1. The summed E-state index contributed by atoms with van der Waals surface area (Å²) in [4.78, 5) is 4.37. The summed E-state index contributed by atoms with van der Waals surface area (Å²) in [5.74, 6) is 1.25. The van der Waals surface area contributed by atoms with Crippen molar-refractivity contribution in [3.63, 3.8) is 0 Å². The van der Waals surface area contributed by atoms with Gasteiger partial charge < -0.3 is 14.8 Å². The van der Waals surface area contributed by atoms with Gasteiger partial charge in [0, 0.05) is 18.7 Å². The van der Waals surface area contributed by atoms with Gasteiger partial charge in [-0.1, -0.05) is 23.7 Å². The fourth-order valence-electron chi connectivity index (χ4n) is 3.35. The zero-order valence-corrected chi connectivity index (χ0v) is 13.8. The van der Waals surface area contributed by atoms with Gasteiger partial charge in [0.2, 0.25) is 0 Å². The first-order chi connectivity index (χ1) is 11.2. The zero-order chi connectivity index (χ0) is 15.9. The van der Waals surface area contributed by atoms with Crippen LogP contribution in [0.3, 0.4) is 0 Å². The van der Waals surface area contributed by atoms with E-state index in [1.165, 1.54) is 5.56 Å². The van der Waals surface area contributed by atoms with Crippen LogP contribution >= 0.6 is 11.6 Å². The van der Waals surface area contributed by atoms with Crippen molar-refractivity contribution in [2.75, 3.05) is 13.1 Å². The number of rotatable bonds is 2. The first kappa shape index (κ1) is 14.8. The second-order valence-electron chi connectivity index (χ2n) is 6.21. The number of hydrogen-bond donors (Lipinski definition) is 1. The normalized spacial score (nSPS) is 23.9. The van der Waals surface area contributed by atoms with Gasteiger partial charge >= 0.3 is 0 Å². The number of aromatic nitrogens is 1. The summed E-state index contributed by atoms with van der Waals surface area (Å²) >= 11 is 5.93. The molecule has 5 heteroatoms. The number of fused-ring (bicyclic) bond motifs is 1. The molecule has 1 aromatic heterocycles. The van der Waals surface area contributed by atoms with Crippen LogP contribution in [0.25, 0.3) is 0 Å². The molecule has 0 spiro atoms. The van der Waals surface area contributed by atoms with Crippen LogP contribution in [0, 0.1) is 0 Å². The van der Waals surface area contributed by atoms with Crippen LogP contribution in [-0.4, -0.2) is 18.1 Å². The molecular weight excluding hydrogens is 312 g/mol. The molecule has 0 amide bonds. The number of nitrogens with one attached hydrogen (secondary N) is 1. The Bertz CT molecular complexity index is 713. The highest BCUT2D eigenvalue weighted by atomic mass is 35.5. The molecule has 23 heavy (non-hydrogen) atoms. The molecule has 0 radical (unpaired) electrons. The second kappa shape index (κ2) is 5.69. The molecule has 1 N–H and O–H groups in total. The molecule has 1 unspecified atom stereocenters. The number of pyridine rings is 1. The molecule has 1 fully saturated rings. The molecule has 2 aliphatic heterocycles. The van der Waals surface area contributed by atoms with Crippen LogP contribution in [0.5, 0.6) is 11.5 Å². The molecule has 3 heterocycles. The largest absolute Gasteiger partial charge is 0.443 e. The van der Waals surface area contributed by atoms with Gasteiger partial charge in [0.15, 0.2) is 11.5 Å². The third kappa shape index (κ3) is 2.66. The lowest BCUT2D eigenvalue weighted by Gasteiger charge is -2.25. The van der Waals surface area contributed by atoms with E-state index in [1.807, 2.05) is 25.1 Å². The van der Waals surface area contributed by atoms with Crippen LogP contribution in [0.2, 0.25) is 5.02 Å². The second-order valence-corrected chi connectivity index (χ2v) is 6.65. The summed E-state index contributed by atoms with van der Waals surface area (Å²) in [5, 5.41) is 4.01. The Morgan fingerprint density at radius 1 is 1.17 bits per heavy atom. The van der Waals surface area contributed by atoms with Gasteiger partial charge in [-0.05, 0) is 50.0 Å². The molecule has 4 rings (SSSR count). The van der Waals surface area contributed by atoms with E-state index in [1.54, 1.807) is 12.3 Å². The highest BCUT2D eigenvalue weighted by molar-refractivity contribution is 6.30. The predicted octanol–water partition coefficient (Wildman–Crippen LogP) is 3.85. The molecule has 0 saturated carbocycles. The summed E-state index contributed by atoms with van der Waals surface area (Å²) < 4.78 is 12.4. The van der Waals surface area contributed by atoms with E-state index in [9.17, 15) is 0 Å². The van der Waals surface area contributed by atoms with E-state index in [-0.39, 0.29) is 0 Å². The van der Waals surface area contributed by atoms with Crippen molar-refractivity contribution in [3.05, 3.63) is 52.8 Å². The average Bonchev–Trinajstić information content (AvgIpc) is 2.93. The topological polar surface area (TPSA) is 43.4 Å². The Labute approximate surface area is 140 Å². The lowest BCUT2D eigenvalue weighted by atomic mass is 9.89. The van der Waals surface area contributed by atoms with Crippen LogP contribution in [0.4, 0.5) is 0 Å². The highest BCUT2D eigenvalue weighted by Gasteiger charge is 2.42. The number of piperidine rings is 1. The number of ether oxygens (including phenoxy) is 2. The van der Waals surface area contributed by atoms with Crippen molar-refractivity contribution in [1.29, 1.82) is 0 Å². The van der Waals surface area contributed by atoms with Gasteiger partial charge in [0.05, 0.1) is 5.02 Å². The molecular formula is C18H19ClN2O2.